The Balaban J connectivity index is 2.32. The van der Waals surface area contributed by atoms with Crippen LogP contribution in [0.2, 0.25) is 0 Å². The van der Waals surface area contributed by atoms with Crippen LogP contribution in [0.1, 0.15) is 24.5 Å². The van der Waals surface area contributed by atoms with Crippen LogP contribution in [0.25, 0.3) is 16.7 Å². The van der Waals surface area contributed by atoms with Crippen LogP contribution in [0.5, 0.6) is 0 Å². The minimum absolute atomic E-state index is 0.413. The lowest BCUT2D eigenvalue weighted by molar-refractivity contribution is 0.905. The van der Waals surface area contributed by atoms with Crippen molar-refractivity contribution in [3.63, 3.8) is 0 Å². The van der Waals surface area contributed by atoms with Crippen LogP contribution in [0.15, 0.2) is 42.5 Å². The van der Waals surface area contributed by atoms with Crippen LogP contribution in [0.3, 0.4) is 0 Å². The second-order valence-corrected chi connectivity index (χ2v) is 4.97. The molecule has 4 nitrogen and oxygen atoms in total. The molecule has 0 saturated heterocycles. The zero-order valence-electron chi connectivity index (χ0n) is 11.9. The monoisotopic (exact) mass is 276 g/mol. The molecule has 21 heavy (non-hydrogen) atoms. The highest BCUT2D eigenvalue weighted by Crippen LogP contribution is 2.27. The molecule has 3 aromatic rings. The molecule has 0 saturated carbocycles. The topological polar surface area (TPSA) is 67.6 Å². The lowest BCUT2D eigenvalue weighted by Gasteiger charge is -2.12. The molecule has 0 atom stereocenters. The summed E-state index contributed by atoms with van der Waals surface area (Å²) in [7, 11) is 0. The molecule has 4 heteroatoms. The molecule has 0 fully saturated rings. The normalized spacial score (nSPS) is 10.7. The average molecular weight is 276 g/mol. The third kappa shape index (κ3) is 2.13. The standard InChI is InChI=1S/C17H16N4/c1-2-6-12-7-3-4-9-14(12)21-15-10-5-8-13(11-18)16(15)20-17(21)19/h3-5,7-10H,2,6H2,1H3,(H2,19,20). The molecular formula is C17H16N4. The number of rotatable bonds is 3. The van der Waals surface area contributed by atoms with Crippen molar-refractivity contribution in [3.05, 3.63) is 53.6 Å². The maximum absolute atomic E-state index is 9.21. The van der Waals surface area contributed by atoms with E-state index >= 15 is 0 Å². The number of aromatic nitrogens is 2. The zero-order valence-corrected chi connectivity index (χ0v) is 11.9. The quantitative estimate of drug-likeness (QED) is 0.796. The molecule has 0 spiro atoms. The smallest absolute Gasteiger partial charge is 0.205 e. The van der Waals surface area contributed by atoms with E-state index in [1.54, 1.807) is 6.07 Å². The molecule has 0 unspecified atom stereocenters. The van der Waals surface area contributed by atoms with Crippen molar-refractivity contribution in [2.45, 2.75) is 19.8 Å². The Morgan fingerprint density at radius 3 is 2.76 bits per heavy atom. The van der Waals surface area contributed by atoms with Gasteiger partial charge in [0.05, 0.1) is 16.8 Å². The van der Waals surface area contributed by atoms with Gasteiger partial charge in [0.25, 0.3) is 0 Å². The van der Waals surface area contributed by atoms with E-state index in [4.69, 9.17) is 5.73 Å². The maximum Gasteiger partial charge on any atom is 0.205 e. The van der Waals surface area contributed by atoms with Crippen LogP contribution in [-0.4, -0.2) is 9.55 Å². The lowest BCUT2D eigenvalue weighted by atomic mass is 10.1. The fourth-order valence-corrected chi connectivity index (χ4v) is 2.67. The maximum atomic E-state index is 9.21. The third-order valence-corrected chi connectivity index (χ3v) is 3.58. The van der Waals surface area contributed by atoms with Crippen LogP contribution in [0.4, 0.5) is 5.95 Å². The second kappa shape index (κ2) is 5.29. The molecule has 2 N–H and O–H groups in total. The van der Waals surface area contributed by atoms with Gasteiger partial charge in [-0.05, 0) is 30.2 Å². The number of nitriles is 1. The first-order valence-electron chi connectivity index (χ1n) is 7.01. The van der Waals surface area contributed by atoms with Gasteiger partial charge in [-0.1, -0.05) is 37.6 Å². The van der Waals surface area contributed by atoms with Gasteiger partial charge in [0.15, 0.2) is 0 Å². The number of aryl methyl sites for hydroxylation is 1. The van der Waals surface area contributed by atoms with Crippen molar-refractivity contribution in [1.29, 1.82) is 5.26 Å². The lowest BCUT2D eigenvalue weighted by Crippen LogP contribution is -2.03. The van der Waals surface area contributed by atoms with Crippen molar-refractivity contribution >= 4 is 17.0 Å². The molecule has 0 bridgehead atoms. The van der Waals surface area contributed by atoms with Crippen molar-refractivity contribution < 1.29 is 0 Å². The molecule has 2 aromatic carbocycles. The number of anilines is 1. The summed E-state index contributed by atoms with van der Waals surface area (Å²) in [5, 5.41) is 9.21. The van der Waals surface area contributed by atoms with Gasteiger partial charge in [0.2, 0.25) is 5.95 Å². The van der Waals surface area contributed by atoms with Crippen LogP contribution in [0, 0.1) is 11.3 Å². The number of benzene rings is 2. The van der Waals surface area contributed by atoms with Gasteiger partial charge >= 0.3 is 0 Å². The van der Waals surface area contributed by atoms with Crippen LogP contribution >= 0.6 is 0 Å². The number of nitrogen functional groups attached to an aromatic ring is 1. The Hall–Kier alpha value is -2.80. The molecular weight excluding hydrogens is 260 g/mol. The highest BCUT2D eigenvalue weighted by Gasteiger charge is 2.14. The van der Waals surface area contributed by atoms with Gasteiger partial charge in [0, 0.05) is 0 Å². The van der Waals surface area contributed by atoms with Crippen molar-refractivity contribution in [2.75, 3.05) is 5.73 Å². The first-order valence-corrected chi connectivity index (χ1v) is 7.01. The number of para-hydroxylation sites is 2. The van der Waals surface area contributed by atoms with E-state index in [1.165, 1.54) is 5.56 Å². The van der Waals surface area contributed by atoms with E-state index in [0.29, 0.717) is 17.0 Å². The molecule has 0 amide bonds. The van der Waals surface area contributed by atoms with Crippen LogP contribution in [-0.2, 0) is 6.42 Å². The number of hydrogen-bond donors (Lipinski definition) is 1. The van der Waals surface area contributed by atoms with Gasteiger partial charge in [-0.3, -0.25) is 4.57 Å². The van der Waals surface area contributed by atoms with Crippen molar-refractivity contribution in [3.8, 4) is 11.8 Å². The number of imidazole rings is 1. The second-order valence-electron chi connectivity index (χ2n) is 4.97. The van der Waals surface area contributed by atoms with Gasteiger partial charge in [0.1, 0.15) is 11.6 Å². The van der Waals surface area contributed by atoms with Gasteiger partial charge in [-0.25, -0.2) is 4.98 Å². The zero-order chi connectivity index (χ0) is 14.8. The van der Waals surface area contributed by atoms with E-state index in [-0.39, 0.29) is 0 Å². The fraction of sp³-hybridized carbons (Fsp3) is 0.176. The van der Waals surface area contributed by atoms with Gasteiger partial charge < -0.3 is 5.73 Å². The molecule has 3 rings (SSSR count). The summed E-state index contributed by atoms with van der Waals surface area (Å²) in [6.07, 6.45) is 2.04. The number of nitrogens with two attached hydrogens (primary N) is 1. The van der Waals surface area contributed by atoms with E-state index in [9.17, 15) is 5.26 Å². The van der Waals surface area contributed by atoms with E-state index in [2.05, 4.69) is 24.0 Å². The summed E-state index contributed by atoms with van der Waals surface area (Å²) in [5.41, 5.74) is 10.5. The third-order valence-electron chi connectivity index (χ3n) is 3.58. The van der Waals surface area contributed by atoms with Crippen molar-refractivity contribution in [1.82, 2.24) is 9.55 Å². The van der Waals surface area contributed by atoms with Crippen LogP contribution < -0.4 is 5.73 Å². The van der Waals surface area contributed by atoms with E-state index in [1.807, 2.05) is 34.9 Å². The van der Waals surface area contributed by atoms with E-state index in [0.717, 1.165) is 24.0 Å². The SMILES string of the molecule is CCCc1ccccc1-n1c(N)nc2c(C#N)cccc21. The Bertz CT molecular complexity index is 840. The minimum Gasteiger partial charge on any atom is -0.369 e. The minimum atomic E-state index is 0.413. The number of nitrogens with zero attached hydrogens (tertiary/aromatic N) is 3. The first-order chi connectivity index (χ1) is 10.3. The summed E-state index contributed by atoms with van der Waals surface area (Å²) in [6, 6.07) is 15.9. The fourth-order valence-electron chi connectivity index (χ4n) is 2.67. The summed E-state index contributed by atoms with van der Waals surface area (Å²) >= 11 is 0. The first kappa shape index (κ1) is 13.2. The molecule has 0 aliphatic rings. The molecule has 0 radical (unpaired) electrons. The highest BCUT2D eigenvalue weighted by atomic mass is 15.2. The largest absolute Gasteiger partial charge is 0.369 e. The predicted octanol–water partition coefficient (Wildman–Crippen LogP) is 3.43. The molecule has 1 aromatic heterocycles. The van der Waals surface area contributed by atoms with Crippen molar-refractivity contribution in [2.24, 2.45) is 0 Å². The Labute approximate surface area is 123 Å². The van der Waals surface area contributed by atoms with Gasteiger partial charge in [-0.2, -0.15) is 5.26 Å². The predicted molar refractivity (Wildman–Crippen MR) is 84.2 cm³/mol. The molecule has 104 valence electrons. The highest BCUT2D eigenvalue weighted by molar-refractivity contribution is 5.86. The average Bonchev–Trinajstić information content (AvgIpc) is 2.84. The number of fused-ring (bicyclic) bond motifs is 1. The Morgan fingerprint density at radius 1 is 1.19 bits per heavy atom. The number of hydrogen-bond acceptors (Lipinski definition) is 3. The molecule has 0 aliphatic heterocycles. The Morgan fingerprint density at radius 2 is 2.00 bits per heavy atom. The molecule has 0 aliphatic carbocycles. The summed E-state index contributed by atoms with van der Waals surface area (Å²) in [4.78, 5) is 4.38. The van der Waals surface area contributed by atoms with E-state index < -0.39 is 0 Å². The summed E-state index contributed by atoms with van der Waals surface area (Å²) in [6.45, 7) is 2.15. The Kier molecular flexibility index (Phi) is 3.33. The van der Waals surface area contributed by atoms with Gasteiger partial charge in [-0.15, -0.1) is 0 Å². The summed E-state index contributed by atoms with van der Waals surface area (Å²) < 4.78 is 1.93. The summed E-state index contributed by atoms with van der Waals surface area (Å²) in [5.74, 6) is 0.413. The molecule has 1 heterocycles.